The quantitative estimate of drug-likeness (QED) is 0.773. The fraction of sp³-hybridized carbons (Fsp3) is 0.316. The molecule has 0 unspecified atom stereocenters. The first-order valence-electron chi connectivity index (χ1n) is 8.41. The minimum atomic E-state index is -0.198. The highest BCUT2D eigenvalue weighted by atomic mass is 19.1. The summed E-state index contributed by atoms with van der Waals surface area (Å²) < 4.78 is 14.9. The van der Waals surface area contributed by atoms with Gasteiger partial charge in [-0.25, -0.2) is 14.1 Å². The highest BCUT2D eigenvalue weighted by Gasteiger charge is 2.44. The Labute approximate surface area is 145 Å². The highest BCUT2D eigenvalue weighted by Crippen LogP contribution is 2.48. The lowest BCUT2D eigenvalue weighted by atomic mass is 9.96. The standard InChI is InChI=1S/C19H20FN5/c1-13-9-14(2)25(24-13)18-11-21-10-17(23-18)22-12-19(7-8-19)15-3-5-16(20)6-4-15/h3-6,9-11H,7-8,12H2,1-2H3,(H,22,23). The normalized spacial score (nSPS) is 15.2. The molecule has 1 fully saturated rings. The van der Waals surface area contributed by atoms with Crippen LogP contribution in [0.2, 0.25) is 0 Å². The van der Waals surface area contributed by atoms with E-state index in [0.717, 1.165) is 36.6 Å². The van der Waals surface area contributed by atoms with Gasteiger partial charge in [-0.3, -0.25) is 4.98 Å². The van der Waals surface area contributed by atoms with Crippen molar-refractivity contribution in [3.05, 3.63) is 65.5 Å². The lowest BCUT2D eigenvalue weighted by Gasteiger charge is -2.17. The van der Waals surface area contributed by atoms with Gasteiger partial charge in [-0.15, -0.1) is 0 Å². The second-order valence-electron chi connectivity index (χ2n) is 6.74. The molecule has 0 spiro atoms. The number of nitrogens with one attached hydrogen (secondary N) is 1. The largest absolute Gasteiger partial charge is 0.368 e. The Kier molecular flexibility index (Phi) is 3.75. The summed E-state index contributed by atoms with van der Waals surface area (Å²) in [5.41, 5.74) is 3.22. The highest BCUT2D eigenvalue weighted by molar-refractivity contribution is 5.40. The third-order valence-electron chi connectivity index (χ3n) is 4.77. The molecule has 1 aliphatic rings. The average molecular weight is 337 g/mol. The fourth-order valence-electron chi connectivity index (χ4n) is 3.19. The van der Waals surface area contributed by atoms with Gasteiger partial charge in [0.2, 0.25) is 0 Å². The van der Waals surface area contributed by atoms with Gasteiger partial charge < -0.3 is 5.32 Å². The van der Waals surface area contributed by atoms with E-state index in [1.807, 2.05) is 32.0 Å². The lowest BCUT2D eigenvalue weighted by molar-refractivity contribution is 0.624. The number of aromatic nitrogens is 4. The predicted octanol–water partition coefficient (Wildman–Crippen LogP) is 3.56. The Morgan fingerprint density at radius 2 is 1.92 bits per heavy atom. The zero-order chi connectivity index (χ0) is 17.4. The summed E-state index contributed by atoms with van der Waals surface area (Å²) in [5.74, 6) is 1.22. The van der Waals surface area contributed by atoms with E-state index in [9.17, 15) is 4.39 Å². The molecule has 1 aromatic carbocycles. The van der Waals surface area contributed by atoms with E-state index in [4.69, 9.17) is 0 Å². The molecule has 5 nitrogen and oxygen atoms in total. The van der Waals surface area contributed by atoms with Crippen molar-refractivity contribution in [2.75, 3.05) is 11.9 Å². The summed E-state index contributed by atoms with van der Waals surface area (Å²) in [6.45, 7) is 4.71. The number of rotatable bonds is 5. The summed E-state index contributed by atoms with van der Waals surface area (Å²) >= 11 is 0. The molecule has 0 atom stereocenters. The number of hydrogen-bond acceptors (Lipinski definition) is 4. The number of hydrogen-bond donors (Lipinski definition) is 1. The van der Waals surface area contributed by atoms with E-state index in [1.54, 1.807) is 17.1 Å². The number of halogens is 1. The molecule has 1 N–H and O–H groups in total. The molecule has 4 rings (SSSR count). The molecule has 1 aliphatic carbocycles. The maximum atomic E-state index is 13.1. The SMILES string of the molecule is Cc1cc(C)n(-c2cncc(NCC3(c4ccc(F)cc4)CC3)n2)n1. The van der Waals surface area contributed by atoms with Gasteiger partial charge in [0.1, 0.15) is 11.6 Å². The Morgan fingerprint density at radius 1 is 1.16 bits per heavy atom. The number of nitrogens with zero attached hydrogens (tertiary/aromatic N) is 4. The molecule has 0 aliphatic heterocycles. The van der Waals surface area contributed by atoms with Crippen molar-refractivity contribution >= 4 is 5.82 Å². The van der Waals surface area contributed by atoms with Crippen LogP contribution in [0.1, 0.15) is 29.8 Å². The van der Waals surface area contributed by atoms with Crippen LogP contribution in [0.5, 0.6) is 0 Å². The zero-order valence-corrected chi connectivity index (χ0v) is 14.3. The molecule has 25 heavy (non-hydrogen) atoms. The van der Waals surface area contributed by atoms with Gasteiger partial charge in [0.05, 0.1) is 18.1 Å². The average Bonchev–Trinajstić information content (AvgIpc) is 3.32. The van der Waals surface area contributed by atoms with E-state index >= 15 is 0 Å². The van der Waals surface area contributed by atoms with Crippen LogP contribution in [0.4, 0.5) is 10.2 Å². The molecule has 0 saturated heterocycles. The molecule has 3 aromatic rings. The van der Waals surface area contributed by atoms with Crippen LogP contribution in [-0.2, 0) is 5.41 Å². The molecule has 0 radical (unpaired) electrons. The van der Waals surface area contributed by atoms with Gasteiger partial charge in [0.25, 0.3) is 0 Å². The molecule has 1 saturated carbocycles. The van der Waals surface area contributed by atoms with Crippen molar-refractivity contribution in [1.82, 2.24) is 19.7 Å². The van der Waals surface area contributed by atoms with Crippen LogP contribution in [0, 0.1) is 19.7 Å². The van der Waals surface area contributed by atoms with Crippen molar-refractivity contribution in [2.24, 2.45) is 0 Å². The third-order valence-corrected chi connectivity index (χ3v) is 4.77. The van der Waals surface area contributed by atoms with Crippen LogP contribution in [-0.4, -0.2) is 26.3 Å². The molecular weight excluding hydrogens is 317 g/mol. The molecule has 2 aromatic heterocycles. The predicted molar refractivity (Wildman–Crippen MR) is 94.4 cm³/mol. The van der Waals surface area contributed by atoms with Gasteiger partial charge >= 0.3 is 0 Å². The summed E-state index contributed by atoms with van der Waals surface area (Å²) in [6.07, 6.45) is 5.61. The third kappa shape index (κ3) is 3.12. The van der Waals surface area contributed by atoms with Crippen molar-refractivity contribution in [2.45, 2.75) is 32.1 Å². The molecule has 128 valence electrons. The summed E-state index contributed by atoms with van der Waals surface area (Å²) in [5, 5.41) is 7.84. The molecule has 0 amide bonds. The van der Waals surface area contributed by atoms with E-state index in [2.05, 4.69) is 20.4 Å². The van der Waals surface area contributed by atoms with E-state index in [0.29, 0.717) is 5.82 Å². The maximum absolute atomic E-state index is 13.1. The van der Waals surface area contributed by atoms with Gasteiger partial charge in [-0.1, -0.05) is 12.1 Å². The Balaban J connectivity index is 1.51. The summed E-state index contributed by atoms with van der Waals surface area (Å²) in [7, 11) is 0. The fourth-order valence-corrected chi connectivity index (χ4v) is 3.19. The van der Waals surface area contributed by atoms with Crippen molar-refractivity contribution in [1.29, 1.82) is 0 Å². The van der Waals surface area contributed by atoms with Gasteiger partial charge in [-0.2, -0.15) is 5.10 Å². The minimum absolute atomic E-state index is 0.0730. The van der Waals surface area contributed by atoms with Gasteiger partial charge in [0.15, 0.2) is 5.82 Å². The molecule has 6 heteroatoms. The molecule has 2 heterocycles. The Morgan fingerprint density at radius 3 is 2.56 bits per heavy atom. The maximum Gasteiger partial charge on any atom is 0.174 e. The topological polar surface area (TPSA) is 55.6 Å². The molecular formula is C19H20FN5. The first-order chi connectivity index (χ1) is 12.1. The number of benzene rings is 1. The first kappa shape index (κ1) is 15.7. The lowest BCUT2D eigenvalue weighted by Crippen LogP contribution is -2.20. The van der Waals surface area contributed by atoms with Crippen molar-refractivity contribution in [3.8, 4) is 5.82 Å². The summed E-state index contributed by atoms with van der Waals surface area (Å²) in [4.78, 5) is 8.90. The Hall–Kier alpha value is -2.76. The van der Waals surface area contributed by atoms with Crippen LogP contribution in [0.3, 0.4) is 0 Å². The van der Waals surface area contributed by atoms with Crippen LogP contribution < -0.4 is 5.32 Å². The minimum Gasteiger partial charge on any atom is -0.368 e. The zero-order valence-electron chi connectivity index (χ0n) is 14.3. The van der Waals surface area contributed by atoms with Crippen LogP contribution in [0.25, 0.3) is 5.82 Å². The second-order valence-corrected chi connectivity index (χ2v) is 6.74. The summed E-state index contributed by atoms with van der Waals surface area (Å²) in [6, 6.07) is 8.82. The van der Waals surface area contributed by atoms with Crippen LogP contribution in [0.15, 0.2) is 42.7 Å². The smallest absolute Gasteiger partial charge is 0.174 e. The van der Waals surface area contributed by atoms with Crippen molar-refractivity contribution in [3.63, 3.8) is 0 Å². The van der Waals surface area contributed by atoms with E-state index < -0.39 is 0 Å². The Bertz CT molecular complexity index is 896. The number of aryl methyl sites for hydroxylation is 2. The second kappa shape index (κ2) is 5.95. The van der Waals surface area contributed by atoms with Gasteiger partial charge in [-0.05, 0) is 50.5 Å². The monoisotopic (exact) mass is 337 g/mol. The van der Waals surface area contributed by atoms with E-state index in [-0.39, 0.29) is 11.2 Å². The van der Waals surface area contributed by atoms with E-state index in [1.165, 1.54) is 17.7 Å². The molecule has 0 bridgehead atoms. The van der Waals surface area contributed by atoms with Gasteiger partial charge in [0, 0.05) is 17.7 Å². The first-order valence-corrected chi connectivity index (χ1v) is 8.41. The number of anilines is 1. The van der Waals surface area contributed by atoms with Crippen molar-refractivity contribution < 1.29 is 4.39 Å². The van der Waals surface area contributed by atoms with Crippen LogP contribution >= 0.6 is 0 Å².